The predicted octanol–water partition coefficient (Wildman–Crippen LogP) is 2.15. The van der Waals surface area contributed by atoms with Gasteiger partial charge in [-0.3, -0.25) is 19.5 Å². The number of hydrogen-bond donors (Lipinski definition) is 1. The number of hydrogen-bond acceptors (Lipinski definition) is 10. The number of ether oxygens (including phenoxy) is 2. The molecule has 0 saturated carbocycles. The van der Waals surface area contributed by atoms with Crippen LogP contribution in [0.25, 0.3) is 10.2 Å². The first-order chi connectivity index (χ1) is 15.0. The molecule has 164 valence electrons. The topological polar surface area (TPSA) is 125 Å². The molecule has 4 rings (SSSR count). The van der Waals surface area contributed by atoms with Gasteiger partial charge in [-0.05, 0) is 38.2 Å². The molecule has 10 nitrogen and oxygen atoms in total. The van der Waals surface area contributed by atoms with Crippen molar-refractivity contribution in [3.8, 4) is 0 Å². The van der Waals surface area contributed by atoms with Gasteiger partial charge < -0.3 is 9.47 Å². The van der Waals surface area contributed by atoms with Crippen molar-refractivity contribution < 1.29 is 19.1 Å². The lowest BCUT2D eigenvalue weighted by molar-refractivity contribution is -0.116. The number of carbonyl (C=O) groups excluding carboxylic acids is 2. The van der Waals surface area contributed by atoms with Crippen LogP contribution in [0.4, 0.5) is 5.13 Å². The second-order valence-corrected chi connectivity index (χ2v) is 9.07. The molecule has 0 fully saturated rings. The van der Waals surface area contributed by atoms with Crippen molar-refractivity contribution in [1.82, 2.24) is 19.7 Å². The minimum atomic E-state index is -0.737. The van der Waals surface area contributed by atoms with Gasteiger partial charge in [-0.15, -0.1) is 21.5 Å². The van der Waals surface area contributed by atoms with Crippen LogP contribution in [0.2, 0.25) is 0 Å². The molecule has 1 amide bonds. The van der Waals surface area contributed by atoms with E-state index in [1.54, 1.807) is 6.92 Å². The third kappa shape index (κ3) is 4.36. The Hall–Kier alpha value is -2.70. The Morgan fingerprint density at radius 2 is 2.00 bits per heavy atom. The molecule has 12 heteroatoms. The lowest BCUT2D eigenvalue weighted by atomic mass is 9.97. The van der Waals surface area contributed by atoms with Gasteiger partial charge in [0.15, 0.2) is 0 Å². The van der Waals surface area contributed by atoms with Crippen molar-refractivity contribution in [2.45, 2.75) is 45.8 Å². The van der Waals surface area contributed by atoms with Gasteiger partial charge in [-0.2, -0.15) is 0 Å². The van der Waals surface area contributed by atoms with Gasteiger partial charge >= 0.3 is 5.97 Å². The summed E-state index contributed by atoms with van der Waals surface area (Å²) in [4.78, 5) is 44.6. The third-order valence-electron chi connectivity index (χ3n) is 4.82. The molecule has 0 bridgehead atoms. The van der Waals surface area contributed by atoms with E-state index in [4.69, 9.17) is 9.47 Å². The van der Waals surface area contributed by atoms with Crippen LogP contribution in [0.15, 0.2) is 4.79 Å². The van der Waals surface area contributed by atoms with Crippen LogP contribution < -0.4 is 10.9 Å². The summed E-state index contributed by atoms with van der Waals surface area (Å²) in [7, 11) is 1.54. The van der Waals surface area contributed by atoms with Crippen LogP contribution in [0.3, 0.4) is 0 Å². The van der Waals surface area contributed by atoms with E-state index in [9.17, 15) is 14.4 Å². The summed E-state index contributed by atoms with van der Waals surface area (Å²) in [5.74, 6) is -1.43. The fraction of sp³-hybridized carbons (Fsp3) is 0.474. The number of fused-ring (bicyclic) bond motifs is 3. The second kappa shape index (κ2) is 9.20. The van der Waals surface area contributed by atoms with E-state index in [-0.39, 0.29) is 30.7 Å². The van der Waals surface area contributed by atoms with Crippen molar-refractivity contribution in [1.29, 1.82) is 0 Å². The summed E-state index contributed by atoms with van der Waals surface area (Å²) in [6.45, 7) is 1.69. The maximum atomic E-state index is 13.4. The van der Waals surface area contributed by atoms with E-state index in [0.717, 1.165) is 40.7 Å². The fourth-order valence-corrected chi connectivity index (χ4v) is 5.50. The van der Waals surface area contributed by atoms with Gasteiger partial charge in [0, 0.05) is 12.0 Å². The number of nitrogens with one attached hydrogen (secondary N) is 1. The standard InChI is InChI=1S/C19H21N5O5S2/c1-3-29-18(27)15-21-16-14(10-6-4-5-7-11(10)30-16)17(26)24(15)8-12(25)20-19-23-22-13(31-19)9-28-2/h3-9H2,1-2H3,(H,20,23,25). The Bertz CT molecular complexity index is 1200. The van der Waals surface area contributed by atoms with Crippen LogP contribution in [0.5, 0.6) is 0 Å². The molecular weight excluding hydrogens is 442 g/mol. The molecule has 1 aliphatic carbocycles. The van der Waals surface area contributed by atoms with E-state index < -0.39 is 17.4 Å². The van der Waals surface area contributed by atoms with E-state index in [1.165, 1.54) is 29.8 Å². The zero-order valence-corrected chi connectivity index (χ0v) is 18.7. The van der Waals surface area contributed by atoms with E-state index in [2.05, 4.69) is 20.5 Å². The second-order valence-electron chi connectivity index (χ2n) is 6.92. The number of aromatic nitrogens is 4. The number of anilines is 1. The van der Waals surface area contributed by atoms with Crippen LogP contribution in [0, 0.1) is 0 Å². The summed E-state index contributed by atoms with van der Waals surface area (Å²) < 4.78 is 11.2. The monoisotopic (exact) mass is 463 g/mol. The number of rotatable bonds is 7. The first kappa shape index (κ1) is 21.5. The van der Waals surface area contributed by atoms with Gasteiger partial charge in [0.05, 0.1) is 12.0 Å². The predicted molar refractivity (Wildman–Crippen MR) is 116 cm³/mol. The van der Waals surface area contributed by atoms with Gasteiger partial charge in [0.1, 0.15) is 23.0 Å². The fourth-order valence-electron chi connectivity index (χ4n) is 3.52. The van der Waals surface area contributed by atoms with Gasteiger partial charge in [0.25, 0.3) is 5.56 Å². The van der Waals surface area contributed by atoms with Crippen molar-refractivity contribution in [3.05, 3.63) is 31.6 Å². The molecule has 0 spiro atoms. The normalized spacial score (nSPS) is 13.2. The maximum Gasteiger partial charge on any atom is 0.374 e. The summed E-state index contributed by atoms with van der Waals surface area (Å²) in [6, 6.07) is 0. The molecule has 3 aromatic heterocycles. The Labute approximate surface area is 185 Å². The number of amides is 1. The Kier molecular flexibility index (Phi) is 6.39. The van der Waals surface area contributed by atoms with Crippen molar-refractivity contribution in [2.75, 3.05) is 19.0 Å². The molecule has 0 saturated heterocycles. The molecule has 1 aliphatic rings. The molecule has 3 heterocycles. The summed E-state index contributed by atoms with van der Waals surface area (Å²) in [5, 5.41) is 11.8. The van der Waals surface area contributed by atoms with Gasteiger partial charge in [-0.25, -0.2) is 9.78 Å². The largest absolute Gasteiger partial charge is 0.460 e. The lowest BCUT2D eigenvalue weighted by Crippen LogP contribution is -2.33. The van der Waals surface area contributed by atoms with Crippen LogP contribution in [0.1, 0.15) is 45.8 Å². The first-order valence-corrected chi connectivity index (χ1v) is 11.5. The molecular formula is C19H21N5O5S2. The molecule has 31 heavy (non-hydrogen) atoms. The van der Waals surface area contributed by atoms with Gasteiger partial charge in [-0.1, -0.05) is 11.3 Å². The van der Waals surface area contributed by atoms with E-state index in [0.29, 0.717) is 15.2 Å². The van der Waals surface area contributed by atoms with Crippen molar-refractivity contribution in [3.63, 3.8) is 0 Å². The van der Waals surface area contributed by atoms with E-state index >= 15 is 0 Å². The highest BCUT2D eigenvalue weighted by Crippen LogP contribution is 2.33. The molecule has 1 N–H and O–H groups in total. The number of aryl methyl sites for hydroxylation is 2. The molecule has 0 radical (unpaired) electrons. The lowest BCUT2D eigenvalue weighted by Gasteiger charge is -2.12. The van der Waals surface area contributed by atoms with Crippen LogP contribution >= 0.6 is 22.7 Å². The summed E-state index contributed by atoms with van der Waals surface area (Å²) >= 11 is 2.61. The molecule has 0 aromatic carbocycles. The highest BCUT2D eigenvalue weighted by Gasteiger charge is 2.26. The minimum absolute atomic E-state index is 0.132. The maximum absolute atomic E-state index is 13.4. The minimum Gasteiger partial charge on any atom is -0.460 e. The zero-order valence-electron chi connectivity index (χ0n) is 17.1. The number of thiophene rings is 1. The van der Waals surface area contributed by atoms with Crippen LogP contribution in [-0.4, -0.2) is 45.3 Å². The Morgan fingerprint density at radius 1 is 1.19 bits per heavy atom. The molecule has 0 unspecified atom stereocenters. The molecule has 0 aliphatic heterocycles. The quantitative estimate of drug-likeness (QED) is 0.529. The highest BCUT2D eigenvalue weighted by atomic mass is 32.1. The van der Waals surface area contributed by atoms with E-state index in [1.807, 2.05) is 0 Å². The average molecular weight is 464 g/mol. The number of esters is 1. The Balaban J connectivity index is 1.70. The average Bonchev–Trinajstić information content (AvgIpc) is 3.34. The van der Waals surface area contributed by atoms with Crippen molar-refractivity contribution in [2.24, 2.45) is 0 Å². The zero-order chi connectivity index (χ0) is 22.0. The number of carbonyl (C=O) groups is 2. The Morgan fingerprint density at radius 3 is 2.77 bits per heavy atom. The summed E-state index contributed by atoms with van der Waals surface area (Å²) in [6.07, 6.45) is 3.75. The van der Waals surface area contributed by atoms with Crippen molar-refractivity contribution >= 4 is 49.9 Å². The third-order valence-corrected chi connectivity index (χ3v) is 6.81. The summed E-state index contributed by atoms with van der Waals surface area (Å²) in [5.41, 5.74) is 0.585. The molecule has 3 aromatic rings. The number of nitrogens with zero attached hydrogens (tertiary/aromatic N) is 4. The van der Waals surface area contributed by atoms with Crippen LogP contribution in [-0.2, 0) is 40.3 Å². The smallest absolute Gasteiger partial charge is 0.374 e. The number of methoxy groups -OCH3 is 1. The first-order valence-electron chi connectivity index (χ1n) is 9.85. The van der Waals surface area contributed by atoms with Gasteiger partial charge in [0.2, 0.25) is 16.9 Å². The molecule has 0 atom stereocenters. The highest BCUT2D eigenvalue weighted by molar-refractivity contribution is 7.18. The SMILES string of the molecule is CCOC(=O)c1nc2sc3c(c2c(=O)n1CC(=O)Nc1nnc(COC)s1)CCCC3.